The van der Waals surface area contributed by atoms with Gasteiger partial charge in [0.2, 0.25) is 10.0 Å². The molecule has 10 nitrogen and oxygen atoms in total. The minimum atomic E-state index is -3.63. The van der Waals surface area contributed by atoms with Crippen molar-refractivity contribution < 1.29 is 8.42 Å². The summed E-state index contributed by atoms with van der Waals surface area (Å²) in [6.07, 6.45) is 4.53. The third-order valence-electron chi connectivity index (χ3n) is 4.93. The number of hydrogen-bond donors (Lipinski definition) is 2. The number of sulfonamides is 1. The average Bonchev–Trinajstić information content (AvgIpc) is 3.35. The van der Waals surface area contributed by atoms with E-state index in [2.05, 4.69) is 30.0 Å². The van der Waals surface area contributed by atoms with Gasteiger partial charge in [-0.15, -0.1) is 0 Å². The van der Waals surface area contributed by atoms with Gasteiger partial charge in [-0.25, -0.2) is 18.4 Å². The number of aromatic amines is 1. The summed E-state index contributed by atoms with van der Waals surface area (Å²) in [4.78, 5) is 8.93. The second-order valence-corrected chi connectivity index (χ2v) is 9.61. The molecule has 3 heterocycles. The van der Waals surface area contributed by atoms with E-state index < -0.39 is 15.3 Å². The molecule has 0 saturated heterocycles. The van der Waals surface area contributed by atoms with Crippen LogP contribution in [0, 0.1) is 11.3 Å². The summed E-state index contributed by atoms with van der Waals surface area (Å²) in [5.41, 5.74) is 2.29. The van der Waals surface area contributed by atoms with Crippen molar-refractivity contribution >= 4 is 38.3 Å². The number of halogens is 1. The molecule has 1 aromatic carbocycles. The molecule has 0 atom stereocenters. The third-order valence-corrected chi connectivity index (χ3v) is 7.06. The van der Waals surface area contributed by atoms with E-state index in [-0.39, 0.29) is 11.5 Å². The van der Waals surface area contributed by atoms with Gasteiger partial charge in [0, 0.05) is 24.2 Å². The van der Waals surface area contributed by atoms with Crippen LogP contribution in [-0.2, 0) is 17.1 Å². The molecule has 4 aromatic rings. The summed E-state index contributed by atoms with van der Waals surface area (Å²) >= 11 is 6.39. The lowest BCUT2D eigenvalue weighted by atomic mass is 10.1. The summed E-state index contributed by atoms with van der Waals surface area (Å²) in [7, 11) is -1.88. The lowest BCUT2D eigenvalue weighted by molar-refractivity contribution is 0.599. The molecular formula is C19H15ClN8O2S. The van der Waals surface area contributed by atoms with Crippen molar-refractivity contribution in [3.05, 3.63) is 41.3 Å². The highest BCUT2D eigenvalue weighted by Crippen LogP contribution is 2.36. The molecule has 0 amide bonds. The van der Waals surface area contributed by atoms with E-state index in [0.29, 0.717) is 46.0 Å². The Labute approximate surface area is 181 Å². The van der Waals surface area contributed by atoms with E-state index in [1.165, 1.54) is 0 Å². The zero-order chi connectivity index (χ0) is 21.8. The first-order valence-corrected chi connectivity index (χ1v) is 11.2. The Morgan fingerprint density at radius 1 is 1.29 bits per heavy atom. The fourth-order valence-electron chi connectivity index (χ4n) is 3.25. The molecule has 0 aliphatic heterocycles. The molecule has 3 aromatic heterocycles. The van der Waals surface area contributed by atoms with Gasteiger partial charge in [0.25, 0.3) is 0 Å². The van der Waals surface area contributed by atoms with Crippen LogP contribution in [0.1, 0.15) is 18.5 Å². The molecule has 2 N–H and O–H groups in total. The van der Waals surface area contributed by atoms with Crippen LogP contribution in [0.15, 0.2) is 30.6 Å². The Morgan fingerprint density at radius 3 is 2.77 bits per heavy atom. The standard InChI is InChI=1S/C19H15ClN8O2S/c1-28-5-4-14(26-28)18-17(10-6-11-9-22-25-16(11)13(20)7-10)23-15(8-21)19(24-18)27-31(29,30)12-2-3-12/h4-7,9,12H,2-3H2,1H3,(H,22,25)(H,24,27). The number of rotatable bonds is 5. The Balaban J connectivity index is 1.73. The van der Waals surface area contributed by atoms with Gasteiger partial charge in [0.15, 0.2) is 11.5 Å². The van der Waals surface area contributed by atoms with Gasteiger partial charge >= 0.3 is 0 Å². The van der Waals surface area contributed by atoms with Crippen molar-refractivity contribution in [3.8, 4) is 28.7 Å². The molecule has 1 aliphatic carbocycles. The lowest BCUT2D eigenvalue weighted by Crippen LogP contribution is -2.20. The number of benzene rings is 1. The summed E-state index contributed by atoms with van der Waals surface area (Å²) in [5, 5.41) is 21.6. The van der Waals surface area contributed by atoms with Crippen molar-refractivity contribution in [2.45, 2.75) is 18.1 Å². The SMILES string of the molecule is Cn1ccc(-c2nc(NS(=O)(=O)C3CC3)c(C#N)nc2-c2cc(Cl)c3[nH]ncc3c2)n1. The summed E-state index contributed by atoms with van der Waals surface area (Å²) in [5.74, 6) is -0.116. The maximum atomic E-state index is 12.5. The van der Waals surface area contributed by atoms with Crippen molar-refractivity contribution in [1.82, 2.24) is 29.9 Å². The number of nitrogens with one attached hydrogen (secondary N) is 2. The Hall–Kier alpha value is -3.49. The normalized spacial score (nSPS) is 14.0. The van der Waals surface area contributed by atoms with Crippen LogP contribution in [0.4, 0.5) is 5.82 Å². The highest BCUT2D eigenvalue weighted by Gasteiger charge is 2.37. The van der Waals surface area contributed by atoms with Crippen molar-refractivity contribution in [2.75, 3.05) is 4.72 Å². The zero-order valence-corrected chi connectivity index (χ0v) is 17.7. The minimum Gasteiger partial charge on any atom is -0.276 e. The minimum absolute atomic E-state index is 0.116. The molecule has 0 spiro atoms. The summed E-state index contributed by atoms with van der Waals surface area (Å²) < 4.78 is 29.0. The topological polar surface area (TPSA) is 142 Å². The molecule has 1 aliphatic rings. The molecule has 0 radical (unpaired) electrons. The van der Waals surface area contributed by atoms with Gasteiger partial charge < -0.3 is 0 Å². The van der Waals surface area contributed by atoms with E-state index in [0.717, 1.165) is 5.39 Å². The maximum Gasteiger partial charge on any atom is 0.236 e. The highest BCUT2D eigenvalue weighted by molar-refractivity contribution is 7.93. The molecule has 156 valence electrons. The number of nitriles is 1. The first-order valence-electron chi connectivity index (χ1n) is 9.32. The van der Waals surface area contributed by atoms with Crippen molar-refractivity contribution in [3.63, 3.8) is 0 Å². The molecule has 1 fully saturated rings. The van der Waals surface area contributed by atoms with E-state index in [9.17, 15) is 13.7 Å². The molecule has 12 heteroatoms. The van der Waals surface area contributed by atoms with Crippen LogP contribution in [0.25, 0.3) is 33.5 Å². The van der Waals surface area contributed by atoms with E-state index in [1.54, 1.807) is 36.3 Å². The fourth-order valence-corrected chi connectivity index (χ4v) is 4.86. The van der Waals surface area contributed by atoms with Gasteiger partial charge in [-0.05, 0) is 31.0 Å². The number of fused-ring (bicyclic) bond motifs is 1. The van der Waals surface area contributed by atoms with E-state index in [1.807, 2.05) is 12.1 Å². The van der Waals surface area contributed by atoms with Gasteiger partial charge in [-0.3, -0.25) is 14.5 Å². The molecule has 1 saturated carbocycles. The first kappa shape index (κ1) is 19.5. The number of H-pyrrole nitrogens is 1. The largest absolute Gasteiger partial charge is 0.276 e. The number of hydrogen-bond acceptors (Lipinski definition) is 7. The number of aryl methyl sites for hydroxylation is 1. The number of aromatic nitrogens is 6. The number of nitrogens with zero attached hydrogens (tertiary/aromatic N) is 6. The van der Waals surface area contributed by atoms with Crippen molar-refractivity contribution in [1.29, 1.82) is 5.26 Å². The smallest absolute Gasteiger partial charge is 0.236 e. The predicted octanol–water partition coefficient (Wildman–Crippen LogP) is 2.85. The molecular weight excluding hydrogens is 440 g/mol. The molecule has 0 unspecified atom stereocenters. The lowest BCUT2D eigenvalue weighted by Gasteiger charge is -2.13. The third kappa shape index (κ3) is 3.49. The Morgan fingerprint density at radius 2 is 2.10 bits per heavy atom. The van der Waals surface area contributed by atoms with Crippen LogP contribution in [0.2, 0.25) is 5.02 Å². The quantitative estimate of drug-likeness (QED) is 0.472. The second-order valence-electron chi connectivity index (χ2n) is 7.24. The van der Waals surface area contributed by atoms with Crippen LogP contribution in [-0.4, -0.2) is 43.6 Å². The van der Waals surface area contributed by atoms with Gasteiger partial charge in [-0.1, -0.05) is 11.6 Å². The van der Waals surface area contributed by atoms with E-state index >= 15 is 0 Å². The Kier molecular flexibility index (Phi) is 4.42. The molecule has 0 bridgehead atoms. The average molecular weight is 455 g/mol. The van der Waals surface area contributed by atoms with Crippen LogP contribution in [0.3, 0.4) is 0 Å². The van der Waals surface area contributed by atoms with Gasteiger partial charge in [0.05, 0.1) is 22.0 Å². The molecule has 31 heavy (non-hydrogen) atoms. The second kappa shape index (κ2) is 7.04. The first-order chi connectivity index (χ1) is 14.9. The van der Waals surface area contributed by atoms with Gasteiger partial charge in [-0.2, -0.15) is 15.5 Å². The zero-order valence-electron chi connectivity index (χ0n) is 16.2. The highest BCUT2D eigenvalue weighted by atomic mass is 35.5. The maximum absolute atomic E-state index is 12.5. The Bertz CT molecular complexity index is 1480. The van der Waals surface area contributed by atoms with E-state index in [4.69, 9.17) is 11.6 Å². The van der Waals surface area contributed by atoms with Crippen LogP contribution >= 0.6 is 11.6 Å². The van der Waals surface area contributed by atoms with Crippen molar-refractivity contribution in [2.24, 2.45) is 7.05 Å². The summed E-state index contributed by atoms with van der Waals surface area (Å²) in [6.45, 7) is 0. The van der Waals surface area contributed by atoms with Crippen LogP contribution in [0.5, 0.6) is 0 Å². The fraction of sp³-hybridized carbons (Fsp3) is 0.211. The number of anilines is 1. The summed E-state index contributed by atoms with van der Waals surface area (Å²) in [6, 6.07) is 7.18. The molecule has 5 rings (SSSR count). The predicted molar refractivity (Wildman–Crippen MR) is 115 cm³/mol. The van der Waals surface area contributed by atoms with Crippen LogP contribution < -0.4 is 4.72 Å². The monoisotopic (exact) mass is 454 g/mol. The van der Waals surface area contributed by atoms with Gasteiger partial charge in [0.1, 0.15) is 23.2 Å².